The van der Waals surface area contributed by atoms with Crippen LogP contribution in [0.25, 0.3) is 16.9 Å². The van der Waals surface area contributed by atoms with E-state index in [1.54, 1.807) is 6.08 Å². The molecule has 0 amide bonds. The van der Waals surface area contributed by atoms with Crippen LogP contribution in [0.2, 0.25) is 0 Å². The van der Waals surface area contributed by atoms with Crippen LogP contribution in [0.1, 0.15) is 29.2 Å². The van der Waals surface area contributed by atoms with Gasteiger partial charge in [0.15, 0.2) is 5.60 Å². The molecule has 0 radical (unpaired) electrons. The molecule has 5 rings (SSSR count). The van der Waals surface area contributed by atoms with Crippen molar-refractivity contribution in [2.75, 3.05) is 0 Å². The van der Waals surface area contributed by atoms with Crippen LogP contribution in [-0.4, -0.2) is 11.4 Å². The standard InChI is InChI=1S/C28H22O2/c1-19-13-15-21(16-14-19)23-17-25(22-11-7-4-8-12-22)30-28(2)26(29)18-24(27(23)28)20-9-5-3-6-10-20/h3-18H,1-2H3. The number of carbonyl (C=O) groups excluding carboxylic acids is 1. The van der Waals surface area contributed by atoms with E-state index < -0.39 is 5.60 Å². The molecule has 2 aliphatic rings. The van der Waals surface area contributed by atoms with E-state index in [0.29, 0.717) is 5.76 Å². The smallest absolute Gasteiger partial charge is 0.204 e. The lowest BCUT2D eigenvalue weighted by Crippen LogP contribution is -2.37. The molecule has 3 aromatic carbocycles. The van der Waals surface area contributed by atoms with Gasteiger partial charge < -0.3 is 4.74 Å². The van der Waals surface area contributed by atoms with Gasteiger partial charge >= 0.3 is 0 Å². The third-order valence-corrected chi connectivity index (χ3v) is 5.86. The number of fused-ring (bicyclic) bond motifs is 1. The Bertz CT molecular complexity index is 1210. The van der Waals surface area contributed by atoms with Gasteiger partial charge in [0.1, 0.15) is 5.76 Å². The zero-order valence-corrected chi connectivity index (χ0v) is 17.1. The maximum Gasteiger partial charge on any atom is 0.204 e. The van der Waals surface area contributed by atoms with Crippen molar-refractivity contribution in [1.29, 1.82) is 0 Å². The Balaban J connectivity index is 1.78. The molecule has 0 aromatic heterocycles. The highest BCUT2D eigenvalue weighted by atomic mass is 16.5. The summed E-state index contributed by atoms with van der Waals surface area (Å²) in [6.45, 7) is 3.97. The molecular weight excluding hydrogens is 368 g/mol. The largest absolute Gasteiger partial charge is 0.474 e. The molecule has 0 spiro atoms. The predicted octanol–water partition coefficient (Wildman–Crippen LogP) is 6.24. The molecule has 1 unspecified atom stereocenters. The highest BCUT2D eigenvalue weighted by Gasteiger charge is 2.49. The molecule has 1 heterocycles. The number of aryl methyl sites for hydroxylation is 1. The van der Waals surface area contributed by atoms with Crippen LogP contribution in [0.4, 0.5) is 0 Å². The van der Waals surface area contributed by atoms with Crippen LogP contribution in [0.5, 0.6) is 0 Å². The van der Waals surface area contributed by atoms with Crippen molar-refractivity contribution in [1.82, 2.24) is 0 Å². The Morgan fingerprint density at radius 2 is 1.30 bits per heavy atom. The molecule has 0 N–H and O–H groups in total. The first-order valence-corrected chi connectivity index (χ1v) is 10.2. The second-order valence-electron chi connectivity index (χ2n) is 7.95. The topological polar surface area (TPSA) is 26.3 Å². The van der Waals surface area contributed by atoms with Crippen molar-refractivity contribution in [2.45, 2.75) is 19.4 Å². The van der Waals surface area contributed by atoms with Gasteiger partial charge in [-0.05, 0) is 48.3 Å². The minimum atomic E-state index is -1.05. The summed E-state index contributed by atoms with van der Waals surface area (Å²) in [5.74, 6) is 0.691. The number of ketones is 1. The van der Waals surface area contributed by atoms with Gasteiger partial charge in [0, 0.05) is 11.1 Å². The number of carbonyl (C=O) groups is 1. The summed E-state index contributed by atoms with van der Waals surface area (Å²) < 4.78 is 6.42. The van der Waals surface area contributed by atoms with Gasteiger partial charge in [-0.15, -0.1) is 0 Å². The number of hydrogen-bond donors (Lipinski definition) is 0. The van der Waals surface area contributed by atoms with Crippen molar-refractivity contribution < 1.29 is 9.53 Å². The minimum absolute atomic E-state index is 0.0255. The maximum absolute atomic E-state index is 13.3. The first kappa shape index (κ1) is 18.4. The summed E-state index contributed by atoms with van der Waals surface area (Å²) in [5.41, 5.74) is 6.11. The van der Waals surface area contributed by atoms with E-state index in [2.05, 4.69) is 37.3 Å². The fourth-order valence-corrected chi connectivity index (χ4v) is 4.23. The van der Waals surface area contributed by atoms with Crippen molar-refractivity contribution in [3.05, 3.63) is 125 Å². The molecule has 1 aliphatic heterocycles. The normalized spacial score (nSPS) is 20.4. The molecule has 2 nitrogen and oxygen atoms in total. The number of allylic oxidation sites excluding steroid dienone is 2. The zero-order chi connectivity index (χ0) is 20.7. The second kappa shape index (κ2) is 7.00. The molecular formula is C28H22O2. The fourth-order valence-electron chi connectivity index (χ4n) is 4.23. The average molecular weight is 390 g/mol. The van der Waals surface area contributed by atoms with E-state index in [0.717, 1.165) is 33.4 Å². The highest BCUT2D eigenvalue weighted by molar-refractivity contribution is 6.19. The van der Waals surface area contributed by atoms with Crippen LogP contribution >= 0.6 is 0 Å². The molecule has 0 fully saturated rings. The van der Waals surface area contributed by atoms with Gasteiger partial charge in [-0.3, -0.25) is 4.79 Å². The second-order valence-corrected chi connectivity index (χ2v) is 7.95. The quantitative estimate of drug-likeness (QED) is 0.529. The van der Waals surface area contributed by atoms with E-state index in [-0.39, 0.29) is 5.78 Å². The summed E-state index contributed by atoms with van der Waals surface area (Å²) in [7, 11) is 0. The van der Waals surface area contributed by atoms with Gasteiger partial charge in [0.2, 0.25) is 5.78 Å². The number of ether oxygens (including phenoxy) is 1. The average Bonchev–Trinajstić information content (AvgIpc) is 3.05. The van der Waals surface area contributed by atoms with E-state index in [9.17, 15) is 4.79 Å². The van der Waals surface area contributed by atoms with Gasteiger partial charge in [0.25, 0.3) is 0 Å². The molecule has 30 heavy (non-hydrogen) atoms. The van der Waals surface area contributed by atoms with E-state index in [1.807, 2.05) is 67.6 Å². The summed E-state index contributed by atoms with van der Waals surface area (Å²) in [5, 5.41) is 0. The molecule has 0 saturated carbocycles. The van der Waals surface area contributed by atoms with Crippen molar-refractivity contribution >= 4 is 22.7 Å². The first-order valence-electron chi connectivity index (χ1n) is 10.2. The molecule has 3 aromatic rings. The molecule has 146 valence electrons. The van der Waals surface area contributed by atoms with E-state index >= 15 is 0 Å². The first-order chi connectivity index (χ1) is 14.6. The summed E-state index contributed by atoms with van der Waals surface area (Å²) >= 11 is 0. The summed E-state index contributed by atoms with van der Waals surface area (Å²) in [6, 6.07) is 28.5. The third kappa shape index (κ3) is 2.93. The maximum atomic E-state index is 13.3. The molecule has 2 heteroatoms. The molecule has 0 saturated heterocycles. The van der Waals surface area contributed by atoms with Crippen LogP contribution in [0.3, 0.4) is 0 Å². The predicted molar refractivity (Wildman–Crippen MR) is 121 cm³/mol. The Hall–Kier alpha value is -3.65. The summed E-state index contributed by atoms with van der Waals surface area (Å²) in [4.78, 5) is 13.3. The van der Waals surface area contributed by atoms with Crippen molar-refractivity contribution in [3.63, 3.8) is 0 Å². The lowest BCUT2D eigenvalue weighted by Gasteiger charge is -2.34. The Kier molecular flexibility index (Phi) is 4.29. The summed E-state index contributed by atoms with van der Waals surface area (Å²) in [6.07, 6.45) is 3.81. The lowest BCUT2D eigenvalue weighted by molar-refractivity contribution is -0.126. The molecule has 1 aliphatic carbocycles. The van der Waals surface area contributed by atoms with Crippen LogP contribution < -0.4 is 0 Å². The third-order valence-electron chi connectivity index (χ3n) is 5.86. The van der Waals surface area contributed by atoms with Crippen molar-refractivity contribution in [2.24, 2.45) is 0 Å². The number of benzene rings is 3. The Morgan fingerprint density at radius 1 is 0.700 bits per heavy atom. The van der Waals surface area contributed by atoms with Gasteiger partial charge in [-0.25, -0.2) is 0 Å². The molecule has 1 atom stereocenters. The number of hydrogen-bond acceptors (Lipinski definition) is 2. The SMILES string of the molecule is Cc1ccc(C2=C3C(c4ccccc4)=CC(=O)C3(C)OC(c3ccccc3)=C2)cc1. The Labute approximate surface area is 176 Å². The van der Waals surface area contributed by atoms with Gasteiger partial charge in [0.05, 0.1) is 0 Å². The zero-order valence-electron chi connectivity index (χ0n) is 17.1. The van der Waals surface area contributed by atoms with E-state index in [1.165, 1.54) is 5.56 Å². The van der Waals surface area contributed by atoms with Gasteiger partial charge in [-0.1, -0.05) is 90.5 Å². The minimum Gasteiger partial charge on any atom is -0.474 e. The van der Waals surface area contributed by atoms with Gasteiger partial charge in [-0.2, -0.15) is 0 Å². The Morgan fingerprint density at radius 3 is 1.93 bits per heavy atom. The number of rotatable bonds is 3. The fraction of sp³-hybridized carbons (Fsp3) is 0.107. The van der Waals surface area contributed by atoms with Crippen molar-refractivity contribution in [3.8, 4) is 0 Å². The lowest BCUT2D eigenvalue weighted by atomic mass is 9.82. The van der Waals surface area contributed by atoms with E-state index in [4.69, 9.17) is 4.74 Å². The van der Waals surface area contributed by atoms with Crippen LogP contribution in [-0.2, 0) is 9.53 Å². The monoisotopic (exact) mass is 390 g/mol. The van der Waals surface area contributed by atoms with Crippen LogP contribution in [0, 0.1) is 6.92 Å². The molecule has 0 bridgehead atoms. The highest BCUT2D eigenvalue weighted by Crippen LogP contribution is 2.50. The van der Waals surface area contributed by atoms with Crippen LogP contribution in [0.15, 0.2) is 103 Å².